The molecule has 4 nitrogen and oxygen atoms in total. The zero-order chi connectivity index (χ0) is 13.0. The molecule has 0 radical (unpaired) electrons. The molecule has 0 amide bonds. The topological polar surface area (TPSA) is 74.6 Å². The molecule has 0 bridgehead atoms. The third kappa shape index (κ3) is 3.80. The number of carbonyl (C=O) groups excluding carboxylic acids is 1. The second kappa shape index (κ2) is 6.14. The predicted molar refractivity (Wildman–Crippen MR) is 66.2 cm³/mol. The lowest BCUT2D eigenvalue weighted by molar-refractivity contribution is -0.147. The number of aliphatic hydroxyl groups is 1. The molecule has 1 aromatic rings. The van der Waals surface area contributed by atoms with Gasteiger partial charge >= 0.3 is 5.97 Å². The molecule has 0 aliphatic rings. The summed E-state index contributed by atoms with van der Waals surface area (Å²) in [5, 5.41) is 18.0. The van der Waals surface area contributed by atoms with Crippen LogP contribution in [-0.4, -0.2) is 27.8 Å². The lowest BCUT2D eigenvalue weighted by atomic mass is 10.0. The molecule has 0 spiro atoms. The second-order valence-electron chi connectivity index (χ2n) is 3.44. The summed E-state index contributed by atoms with van der Waals surface area (Å²) in [5.74, 6) is -1.51. The highest BCUT2D eigenvalue weighted by Gasteiger charge is 2.17. The van der Waals surface area contributed by atoms with E-state index in [2.05, 4.69) is 15.9 Å². The zero-order valence-corrected chi connectivity index (χ0v) is 11.0. The highest BCUT2D eigenvalue weighted by molar-refractivity contribution is 9.10. The first-order chi connectivity index (χ1) is 7.95. The Morgan fingerprint density at radius 1 is 1.41 bits per heavy atom. The van der Waals surface area contributed by atoms with Crippen molar-refractivity contribution in [2.45, 2.75) is 12.5 Å². The van der Waals surface area contributed by atoms with Crippen molar-refractivity contribution in [1.29, 1.82) is 0 Å². The molecule has 2 N–H and O–H groups in total. The van der Waals surface area contributed by atoms with Crippen LogP contribution >= 0.6 is 27.5 Å². The normalized spacial score (nSPS) is 12.2. The summed E-state index contributed by atoms with van der Waals surface area (Å²) in [6.07, 6.45) is -1.39. The number of alkyl halides is 1. The molecule has 1 unspecified atom stereocenters. The van der Waals surface area contributed by atoms with Crippen LogP contribution in [0.3, 0.4) is 0 Å². The van der Waals surface area contributed by atoms with Crippen molar-refractivity contribution in [3.63, 3.8) is 0 Å². The molecule has 17 heavy (non-hydrogen) atoms. The average Bonchev–Trinajstić information content (AvgIpc) is 2.30. The Morgan fingerprint density at radius 3 is 2.53 bits per heavy atom. The van der Waals surface area contributed by atoms with Gasteiger partial charge < -0.3 is 10.2 Å². The summed E-state index contributed by atoms with van der Waals surface area (Å²) in [7, 11) is 0. The van der Waals surface area contributed by atoms with E-state index in [1.807, 2.05) is 0 Å². The molecule has 1 rings (SSSR count). The largest absolute Gasteiger partial charge is 0.479 e. The Morgan fingerprint density at radius 2 is 2.06 bits per heavy atom. The Kier molecular flexibility index (Phi) is 5.11. The van der Waals surface area contributed by atoms with Gasteiger partial charge in [-0.25, -0.2) is 4.79 Å². The molecule has 0 saturated heterocycles. The number of rotatable bonds is 5. The molecule has 92 valence electrons. The van der Waals surface area contributed by atoms with E-state index in [1.54, 1.807) is 6.07 Å². The van der Waals surface area contributed by atoms with Crippen LogP contribution in [0.25, 0.3) is 0 Å². The van der Waals surface area contributed by atoms with Crippen molar-refractivity contribution in [3.8, 4) is 0 Å². The Balaban J connectivity index is 2.93. The van der Waals surface area contributed by atoms with E-state index >= 15 is 0 Å². The third-order valence-electron chi connectivity index (χ3n) is 2.16. The number of carboxylic acid groups (broad SMARTS) is 1. The molecule has 1 aromatic carbocycles. The number of halogens is 2. The van der Waals surface area contributed by atoms with Crippen LogP contribution in [0, 0.1) is 0 Å². The minimum atomic E-state index is -1.57. The summed E-state index contributed by atoms with van der Waals surface area (Å²) in [6, 6.07) is 4.55. The molecule has 0 fully saturated rings. The molecule has 0 aliphatic heterocycles. The van der Waals surface area contributed by atoms with Gasteiger partial charge in [-0.3, -0.25) is 4.79 Å². The monoisotopic (exact) mass is 320 g/mol. The number of aliphatic hydroxyl groups excluding tert-OH is 1. The number of aliphatic carboxylic acids is 1. The molecular formula is C11H10BrClO4. The van der Waals surface area contributed by atoms with Crippen molar-refractivity contribution in [3.05, 3.63) is 33.8 Å². The maximum atomic E-state index is 11.2. The first-order valence-corrected chi connectivity index (χ1v) is 6.05. The average molecular weight is 322 g/mol. The van der Waals surface area contributed by atoms with Crippen molar-refractivity contribution in [1.82, 2.24) is 0 Å². The van der Waals surface area contributed by atoms with E-state index in [9.17, 15) is 14.7 Å². The van der Waals surface area contributed by atoms with Crippen LogP contribution < -0.4 is 0 Å². The van der Waals surface area contributed by atoms with Crippen molar-refractivity contribution < 1.29 is 19.8 Å². The number of benzene rings is 1. The van der Waals surface area contributed by atoms with E-state index in [0.717, 1.165) is 0 Å². The Hall–Kier alpha value is -0.910. The van der Waals surface area contributed by atoms with Gasteiger partial charge in [0.05, 0.1) is 5.88 Å². The summed E-state index contributed by atoms with van der Waals surface area (Å²) < 4.78 is 0.578. The van der Waals surface area contributed by atoms with E-state index in [-0.39, 0.29) is 23.6 Å². The number of carbonyl (C=O) groups is 2. The van der Waals surface area contributed by atoms with Crippen LogP contribution in [0.1, 0.15) is 17.2 Å². The summed E-state index contributed by atoms with van der Waals surface area (Å²) in [4.78, 5) is 21.7. The third-order valence-corrected chi connectivity index (χ3v) is 3.20. The van der Waals surface area contributed by atoms with Gasteiger partial charge in [-0.15, -0.1) is 11.6 Å². The maximum absolute atomic E-state index is 11.2. The fraction of sp³-hybridized carbons (Fsp3) is 0.273. The minimum Gasteiger partial charge on any atom is -0.479 e. The SMILES string of the molecule is O=C(CCl)Cc1ccc(C(O)C(=O)O)cc1Br. The minimum absolute atomic E-state index is 0.0635. The quantitative estimate of drug-likeness (QED) is 0.813. The number of carboxylic acids is 1. The highest BCUT2D eigenvalue weighted by Crippen LogP contribution is 2.23. The van der Waals surface area contributed by atoms with Crippen molar-refractivity contribution in [2.24, 2.45) is 0 Å². The number of hydrogen-bond donors (Lipinski definition) is 2. The van der Waals surface area contributed by atoms with Gasteiger partial charge in [0.1, 0.15) is 0 Å². The smallest absolute Gasteiger partial charge is 0.337 e. The van der Waals surface area contributed by atoms with Crippen molar-refractivity contribution >= 4 is 39.3 Å². The lowest BCUT2D eigenvalue weighted by Crippen LogP contribution is -2.11. The first-order valence-electron chi connectivity index (χ1n) is 4.72. The fourth-order valence-corrected chi connectivity index (χ4v) is 1.91. The second-order valence-corrected chi connectivity index (χ2v) is 4.56. The van der Waals surface area contributed by atoms with Gasteiger partial charge in [0, 0.05) is 10.9 Å². The van der Waals surface area contributed by atoms with Gasteiger partial charge in [-0.1, -0.05) is 28.1 Å². The molecular weight excluding hydrogens is 311 g/mol. The number of hydrogen-bond acceptors (Lipinski definition) is 3. The number of Topliss-reactive ketones (excluding diaryl/α,β-unsaturated/α-hetero) is 1. The Labute approximate surface area is 111 Å². The van der Waals surface area contributed by atoms with Gasteiger partial charge in [-0.05, 0) is 17.2 Å². The summed E-state index contributed by atoms with van der Waals surface area (Å²) in [5.41, 5.74) is 0.962. The van der Waals surface area contributed by atoms with E-state index in [1.165, 1.54) is 12.1 Å². The number of ketones is 1. The van der Waals surface area contributed by atoms with Crippen LogP contribution in [0.15, 0.2) is 22.7 Å². The maximum Gasteiger partial charge on any atom is 0.337 e. The van der Waals surface area contributed by atoms with Gasteiger partial charge in [-0.2, -0.15) is 0 Å². The lowest BCUT2D eigenvalue weighted by Gasteiger charge is -2.09. The highest BCUT2D eigenvalue weighted by atomic mass is 79.9. The summed E-state index contributed by atoms with van der Waals surface area (Å²) in [6.45, 7) is 0. The fourth-order valence-electron chi connectivity index (χ4n) is 1.28. The van der Waals surface area contributed by atoms with Crippen LogP contribution in [-0.2, 0) is 16.0 Å². The van der Waals surface area contributed by atoms with Gasteiger partial charge in [0.15, 0.2) is 11.9 Å². The molecule has 0 heterocycles. The molecule has 0 saturated carbocycles. The molecule has 0 aromatic heterocycles. The summed E-state index contributed by atoms with van der Waals surface area (Å²) >= 11 is 8.62. The molecule has 6 heteroatoms. The Bertz CT molecular complexity index is 447. The van der Waals surface area contributed by atoms with Crippen LogP contribution in [0.5, 0.6) is 0 Å². The molecule has 0 aliphatic carbocycles. The van der Waals surface area contributed by atoms with Gasteiger partial charge in [0.25, 0.3) is 0 Å². The van der Waals surface area contributed by atoms with E-state index in [4.69, 9.17) is 16.7 Å². The zero-order valence-electron chi connectivity index (χ0n) is 8.69. The van der Waals surface area contributed by atoms with Crippen LogP contribution in [0.4, 0.5) is 0 Å². The first kappa shape index (κ1) is 14.2. The molecule has 1 atom stereocenters. The standard InChI is InChI=1S/C11H10BrClO4/c12-9-4-7(10(15)11(16)17)2-1-6(9)3-8(14)5-13/h1-2,4,10,15H,3,5H2,(H,16,17). The van der Waals surface area contributed by atoms with E-state index < -0.39 is 12.1 Å². The van der Waals surface area contributed by atoms with E-state index in [0.29, 0.717) is 10.0 Å². The van der Waals surface area contributed by atoms with Crippen LogP contribution in [0.2, 0.25) is 0 Å². The van der Waals surface area contributed by atoms with Gasteiger partial charge in [0.2, 0.25) is 0 Å². The van der Waals surface area contributed by atoms with Crippen molar-refractivity contribution in [2.75, 3.05) is 5.88 Å². The predicted octanol–water partition coefficient (Wildman–Crippen LogP) is 1.92.